The maximum absolute atomic E-state index is 2.41. The molecule has 2 bridgehead atoms. The van der Waals surface area contributed by atoms with Gasteiger partial charge in [0.05, 0.1) is 0 Å². The van der Waals surface area contributed by atoms with Gasteiger partial charge < -0.3 is 0 Å². The van der Waals surface area contributed by atoms with Crippen molar-refractivity contribution in [3.63, 3.8) is 0 Å². The van der Waals surface area contributed by atoms with Gasteiger partial charge in [-0.25, -0.2) is 0 Å². The third-order valence-electron chi connectivity index (χ3n) is 3.36. The molecule has 3 aliphatic rings. The molecule has 0 spiro atoms. The summed E-state index contributed by atoms with van der Waals surface area (Å²) in [7, 11) is 0. The van der Waals surface area contributed by atoms with Crippen molar-refractivity contribution in [2.75, 3.05) is 0 Å². The van der Waals surface area contributed by atoms with Crippen LogP contribution < -0.4 is 0 Å². The smallest absolute Gasteiger partial charge is 0.00985 e. The lowest BCUT2D eigenvalue weighted by Crippen LogP contribution is -2.16. The first-order valence-corrected chi connectivity index (χ1v) is 4.48. The third kappa shape index (κ3) is 0.649. The van der Waals surface area contributed by atoms with Crippen LogP contribution in [0.15, 0.2) is 36.5 Å². The van der Waals surface area contributed by atoms with Gasteiger partial charge in [0.15, 0.2) is 0 Å². The van der Waals surface area contributed by atoms with Gasteiger partial charge in [0, 0.05) is 0 Å². The van der Waals surface area contributed by atoms with Crippen LogP contribution in [-0.2, 0) is 0 Å². The molecule has 0 saturated heterocycles. The van der Waals surface area contributed by atoms with E-state index in [1.807, 2.05) is 0 Å². The summed E-state index contributed by atoms with van der Waals surface area (Å²) in [6.07, 6.45) is 15.4. The molecule has 0 heterocycles. The van der Waals surface area contributed by atoms with Gasteiger partial charge in [-0.15, -0.1) is 0 Å². The van der Waals surface area contributed by atoms with Crippen molar-refractivity contribution in [3.05, 3.63) is 36.5 Å². The fraction of sp³-hybridized carbons (Fsp3) is 0.455. The highest BCUT2D eigenvalue weighted by molar-refractivity contribution is 5.26. The van der Waals surface area contributed by atoms with E-state index in [-0.39, 0.29) is 0 Å². The lowest BCUT2D eigenvalue weighted by atomic mass is 9.81. The lowest BCUT2D eigenvalue weighted by Gasteiger charge is -2.24. The molecule has 4 atom stereocenters. The Bertz CT molecular complexity index is 231. The summed E-state index contributed by atoms with van der Waals surface area (Å²) in [5, 5.41) is 0. The maximum Gasteiger partial charge on any atom is -0.00985 e. The van der Waals surface area contributed by atoms with E-state index in [1.165, 1.54) is 6.42 Å². The summed E-state index contributed by atoms with van der Waals surface area (Å²) in [5.74, 6) is 3.42. The van der Waals surface area contributed by atoms with Crippen LogP contribution >= 0.6 is 0 Å². The monoisotopic (exact) mass is 144 g/mol. The quantitative estimate of drug-likeness (QED) is 0.458. The highest BCUT2D eigenvalue weighted by Crippen LogP contribution is 2.50. The van der Waals surface area contributed by atoms with E-state index in [0.29, 0.717) is 0 Å². The van der Waals surface area contributed by atoms with Gasteiger partial charge in [-0.3, -0.25) is 0 Å². The fourth-order valence-corrected chi connectivity index (χ4v) is 2.83. The van der Waals surface area contributed by atoms with E-state index in [2.05, 4.69) is 36.5 Å². The summed E-state index contributed by atoms with van der Waals surface area (Å²) >= 11 is 0. The Morgan fingerprint density at radius 1 is 0.727 bits per heavy atom. The zero-order valence-corrected chi connectivity index (χ0v) is 6.48. The predicted octanol–water partition coefficient (Wildman–Crippen LogP) is 2.55. The minimum absolute atomic E-state index is 0.843. The first-order chi connectivity index (χ1) is 5.45. The second-order valence-corrected chi connectivity index (χ2v) is 3.87. The summed E-state index contributed by atoms with van der Waals surface area (Å²) in [6, 6.07) is 0. The number of hydrogen-bond acceptors (Lipinski definition) is 0. The molecule has 11 heavy (non-hydrogen) atoms. The molecule has 0 nitrogen and oxygen atoms in total. The summed E-state index contributed by atoms with van der Waals surface area (Å²) in [5.41, 5.74) is 0. The zero-order chi connectivity index (χ0) is 7.26. The van der Waals surface area contributed by atoms with Crippen LogP contribution in [-0.4, -0.2) is 0 Å². The summed E-state index contributed by atoms with van der Waals surface area (Å²) in [6.45, 7) is 0. The standard InChI is InChI=1S/C11H12/c1-2-4-11-9-6-5-8(7-9)10(11)3-1/h1-6,8-11H,7H2/t8-,9+,10+,11-. The Hall–Kier alpha value is -0.780. The Morgan fingerprint density at radius 3 is 1.82 bits per heavy atom. The molecule has 0 N–H and O–H groups in total. The lowest BCUT2D eigenvalue weighted by molar-refractivity contribution is 0.443. The van der Waals surface area contributed by atoms with Crippen molar-refractivity contribution in [1.29, 1.82) is 0 Å². The summed E-state index contributed by atoms with van der Waals surface area (Å²) < 4.78 is 0. The predicted molar refractivity (Wildman–Crippen MR) is 46.0 cm³/mol. The molecule has 0 unspecified atom stereocenters. The van der Waals surface area contributed by atoms with Crippen LogP contribution in [0.4, 0.5) is 0 Å². The van der Waals surface area contributed by atoms with E-state index >= 15 is 0 Å². The molecular weight excluding hydrogens is 132 g/mol. The first-order valence-electron chi connectivity index (χ1n) is 4.48. The molecule has 0 aliphatic heterocycles. The molecule has 0 aromatic carbocycles. The molecule has 3 aliphatic carbocycles. The Morgan fingerprint density at radius 2 is 1.27 bits per heavy atom. The largest absolute Gasteiger partial charge is 0.0845 e. The molecule has 1 fully saturated rings. The van der Waals surface area contributed by atoms with Crippen LogP contribution in [0.2, 0.25) is 0 Å². The SMILES string of the molecule is C1=C[C@@H]2[C@H](C=C1)[C@H]1C=C[C@@H]2C1. The van der Waals surface area contributed by atoms with Crippen LogP contribution in [0.5, 0.6) is 0 Å². The molecular formula is C11H12. The van der Waals surface area contributed by atoms with Crippen molar-refractivity contribution in [3.8, 4) is 0 Å². The highest BCUT2D eigenvalue weighted by atomic mass is 14.5. The van der Waals surface area contributed by atoms with E-state index in [9.17, 15) is 0 Å². The Labute approximate surface area is 67.3 Å². The zero-order valence-electron chi connectivity index (χ0n) is 6.48. The average Bonchev–Trinajstić information content (AvgIpc) is 2.64. The second-order valence-electron chi connectivity index (χ2n) is 3.87. The topological polar surface area (TPSA) is 0 Å². The molecule has 0 heteroatoms. The first kappa shape index (κ1) is 5.82. The van der Waals surface area contributed by atoms with Gasteiger partial charge in [-0.05, 0) is 30.1 Å². The van der Waals surface area contributed by atoms with Gasteiger partial charge >= 0.3 is 0 Å². The van der Waals surface area contributed by atoms with Crippen molar-refractivity contribution in [1.82, 2.24) is 0 Å². The molecule has 1 saturated carbocycles. The molecule has 0 amide bonds. The van der Waals surface area contributed by atoms with Crippen LogP contribution in [0.1, 0.15) is 6.42 Å². The van der Waals surface area contributed by atoms with Crippen LogP contribution in [0.3, 0.4) is 0 Å². The van der Waals surface area contributed by atoms with Crippen molar-refractivity contribution in [2.45, 2.75) is 6.42 Å². The van der Waals surface area contributed by atoms with Gasteiger partial charge in [0.1, 0.15) is 0 Å². The fourth-order valence-electron chi connectivity index (χ4n) is 2.83. The molecule has 56 valence electrons. The van der Waals surface area contributed by atoms with E-state index in [0.717, 1.165) is 23.7 Å². The van der Waals surface area contributed by atoms with E-state index < -0.39 is 0 Å². The second kappa shape index (κ2) is 1.88. The van der Waals surface area contributed by atoms with Crippen LogP contribution in [0, 0.1) is 23.7 Å². The average molecular weight is 144 g/mol. The molecule has 3 rings (SSSR count). The Kier molecular flexibility index (Phi) is 0.993. The van der Waals surface area contributed by atoms with Crippen molar-refractivity contribution >= 4 is 0 Å². The van der Waals surface area contributed by atoms with Gasteiger partial charge in [-0.2, -0.15) is 0 Å². The maximum atomic E-state index is 2.41. The third-order valence-corrected chi connectivity index (χ3v) is 3.36. The molecule has 0 aromatic rings. The normalized spacial score (nSPS) is 50.2. The molecule has 0 aromatic heterocycles. The van der Waals surface area contributed by atoms with Gasteiger partial charge in [-0.1, -0.05) is 36.5 Å². The molecule has 0 radical (unpaired) electrons. The van der Waals surface area contributed by atoms with Crippen LogP contribution in [0.25, 0.3) is 0 Å². The van der Waals surface area contributed by atoms with Crippen molar-refractivity contribution < 1.29 is 0 Å². The summed E-state index contributed by atoms with van der Waals surface area (Å²) in [4.78, 5) is 0. The number of fused-ring (bicyclic) bond motifs is 5. The van der Waals surface area contributed by atoms with Gasteiger partial charge in [0.25, 0.3) is 0 Å². The van der Waals surface area contributed by atoms with Crippen molar-refractivity contribution in [2.24, 2.45) is 23.7 Å². The van der Waals surface area contributed by atoms with E-state index in [1.54, 1.807) is 0 Å². The minimum Gasteiger partial charge on any atom is -0.0845 e. The van der Waals surface area contributed by atoms with E-state index in [4.69, 9.17) is 0 Å². The minimum atomic E-state index is 0.843. The number of allylic oxidation sites excluding steroid dienone is 6. The number of hydrogen-bond donors (Lipinski definition) is 0. The number of rotatable bonds is 0. The highest BCUT2D eigenvalue weighted by Gasteiger charge is 2.41. The van der Waals surface area contributed by atoms with Gasteiger partial charge in [0.2, 0.25) is 0 Å². The Balaban J connectivity index is 2.04.